The first-order chi connectivity index (χ1) is 12.3. The highest BCUT2D eigenvalue weighted by atomic mass is 32.2. The Kier molecular flexibility index (Phi) is 5.29. The van der Waals surface area contributed by atoms with Crippen LogP contribution < -0.4 is 0 Å². The van der Waals surface area contributed by atoms with Gasteiger partial charge in [0.1, 0.15) is 5.82 Å². The first kappa shape index (κ1) is 18.8. The van der Waals surface area contributed by atoms with Crippen molar-refractivity contribution in [2.24, 2.45) is 5.92 Å². The molecule has 1 saturated carbocycles. The van der Waals surface area contributed by atoms with E-state index in [-0.39, 0.29) is 29.2 Å². The molecular formula is C17H22FN3O4S. The molecule has 142 valence electrons. The van der Waals surface area contributed by atoms with Crippen molar-refractivity contribution in [1.82, 2.24) is 14.1 Å². The molecule has 0 aromatic heterocycles. The third-order valence-electron chi connectivity index (χ3n) is 4.75. The Balaban J connectivity index is 1.55. The highest BCUT2D eigenvalue weighted by molar-refractivity contribution is 7.89. The van der Waals surface area contributed by atoms with Crippen LogP contribution >= 0.6 is 0 Å². The zero-order valence-electron chi connectivity index (χ0n) is 14.6. The number of rotatable bonds is 5. The quantitative estimate of drug-likeness (QED) is 0.743. The zero-order valence-corrected chi connectivity index (χ0v) is 15.4. The van der Waals surface area contributed by atoms with Crippen molar-refractivity contribution < 1.29 is 22.4 Å². The van der Waals surface area contributed by atoms with Crippen molar-refractivity contribution >= 4 is 21.8 Å². The monoisotopic (exact) mass is 383 g/mol. The smallest absolute Gasteiger partial charge is 0.243 e. The van der Waals surface area contributed by atoms with Crippen LogP contribution in [-0.4, -0.2) is 74.1 Å². The summed E-state index contributed by atoms with van der Waals surface area (Å²) in [4.78, 5) is 27.7. The Hall–Kier alpha value is -2.00. The van der Waals surface area contributed by atoms with Crippen molar-refractivity contribution in [2.45, 2.75) is 17.7 Å². The van der Waals surface area contributed by atoms with Gasteiger partial charge in [-0.25, -0.2) is 12.8 Å². The summed E-state index contributed by atoms with van der Waals surface area (Å²) in [5.74, 6) is -0.518. The van der Waals surface area contributed by atoms with Crippen LogP contribution in [0.25, 0.3) is 0 Å². The Morgan fingerprint density at radius 2 is 1.62 bits per heavy atom. The lowest BCUT2D eigenvalue weighted by molar-refractivity contribution is -0.140. The fourth-order valence-electron chi connectivity index (χ4n) is 2.93. The number of carbonyl (C=O) groups is 2. The third kappa shape index (κ3) is 4.04. The molecule has 0 atom stereocenters. The summed E-state index contributed by atoms with van der Waals surface area (Å²) in [5, 5.41) is 0. The minimum atomic E-state index is -3.86. The predicted octanol–water partition coefficient (Wildman–Crippen LogP) is 0.527. The fourth-order valence-corrected chi connectivity index (χ4v) is 4.05. The van der Waals surface area contributed by atoms with Gasteiger partial charge in [-0.15, -0.1) is 0 Å². The van der Waals surface area contributed by atoms with E-state index in [1.165, 1.54) is 19.2 Å². The molecule has 0 radical (unpaired) electrons. The van der Waals surface area contributed by atoms with Crippen molar-refractivity contribution in [1.29, 1.82) is 0 Å². The molecule has 9 heteroatoms. The van der Waals surface area contributed by atoms with E-state index < -0.39 is 15.8 Å². The van der Waals surface area contributed by atoms with Crippen LogP contribution in [0.15, 0.2) is 29.2 Å². The van der Waals surface area contributed by atoms with Gasteiger partial charge in [-0.05, 0) is 37.1 Å². The van der Waals surface area contributed by atoms with E-state index in [0.29, 0.717) is 26.2 Å². The molecule has 1 heterocycles. The van der Waals surface area contributed by atoms with Gasteiger partial charge in [-0.3, -0.25) is 9.59 Å². The molecule has 0 N–H and O–H groups in total. The van der Waals surface area contributed by atoms with E-state index in [0.717, 1.165) is 29.3 Å². The summed E-state index contributed by atoms with van der Waals surface area (Å²) in [5.41, 5.74) is 0. The average Bonchev–Trinajstić information content (AvgIpc) is 3.46. The van der Waals surface area contributed by atoms with Gasteiger partial charge in [-0.1, -0.05) is 0 Å². The molecule has 3 rings (SSSR count). The fraction of sp³-hybridized carbons (Fsp3) is 0.529. The summed E-state index contributed by atoms with van der Waals surface area (Å²) in [7, 11) is -2.54. The molecule has 1 aliphatic carbocycles. The molecule has 0 bridgehead atoms. The minimum Gasteiger partial charge on any atom is -0.339 e. The van der Waals surface area contributed by atoms with E-state index >= 15 is 0 Å². The van der Waals surface area contributed by atoms with Gasteiger partial charge < -0.3 is 9.80 Å². The van der Waals surface area contributed by atoms with Crippen LogP contribution in [0.2, 0.25) is 0 Å². The van der Waals surface area contributed by atoms with Gasteiger partial charge in [-0.2, -0.15) is 4.31 Å². The van der Waals surface area contributed by atoms with Gasteiger partial charge in [0.2, 0.25) is 21.8 Å². The molecule has 1 saturated heterocycles. The second-order valence-electron chi connectivity index (χ2n) is 6.70. The first-order valence-electron chi connectivity index (χ1n) is 8.57. The number of carbonyl (C=O) groups excluding carboxylic acids is 2. The summed E-state index contributed by atoms with van der Waals surface area (Å²) < 4.78 is 38.9. The van der Waals surface area contributed by atoms with E-state index in [1.807, 2.05) is 0 Å². The molecule has 7 nitrogen and oxygen atoms in total. The Morgan fingerprint density at radius 3 is 2.15 bits per heavy atom. The van der Waals surface area contributed by atoms with Gasteiger partial charge in [0.05, 0.1) is 11.4 Å². The number of piperazine rings is 1. The number of amides is 2. The highest BCUT2D eigenvalue weighted by Gasteiger charge is 2.35. The number of likely N-dealkylation sites (N-methyl/N-ethyl adjacent to an activating group) is 1. The first-order valence-corrected chi connectivity index (χ1v) is 10.0. The van der Waals surface area contributed by atoms with Gasteiger partial charge in [0, 0.05) is 39.1 Å². The van der Waals surface area contributed by atoms with Crippen LogP contribution in [-0.2, 0) is 19.6 Å². The van der Waals surface area contributed by atoms with E-state index in [9.17, 15) is 22.4 Å². The Bertz CT molecular complexity index is 785. The summed E-state index contributed by atoms with van der Waals surface area (Å²) in [6.45, 7) is 1.48. The maximum Gasteiger partial charge on any atom is 0.243 e. The average molecular weight is 383 g/mol. The molecule has 2 amide bonds. The summed E-state index contributed by atoms with van der Waals surface area (Å²) in [6.07, 6.45) is 1.90. The second kappa shape index (κ2) is 7.32. The SMILES string of the molecule is CN(CC(=O)N1CCN(C(=O)C2CC2)CC1)S(=O)(=O)c1ccc(F)cc1. The van der Waals surface area contributed by atoms with Crippen molar-refractivity contribution in [3.63, 3.8) is 0 Å². The number of halogens is 1. The number of hydrogen-bond donors (Lipinski definition) is 0. The molecule has 2 aliphatic rings. The predicted molar refractivity (Wildman–Crippen MR) is 92.1 cm³/mol. The van der Waals surface area contributed by atoms with Crippen LogP contribution in [0.4, 0.5) is 4.39 Å². The van der Waals surface area contributed by atoms with E-state index in [1.54, 1.807) is 9.80 Å². The Labute approximate surface area is 152 Å². The standard InChI is InChI=1S/C17H22FN3O4S/c1-19(26(24,25)15-6-4-14(18)5-7-15)12-16(22)20-8-10-21(11-9-20)17(23)13-2-3-13/h4-7,13H,2-3,8-12H2,1H3. The van der Waals surface area contributed by atoms with Gasteiger partial charge in [0.25, 0.3) is 0 Å². The lowest BCUT2D eigenvalue weighted by atomic mass is 10.2. The summed E-state index contributed by atoms with van der Waals surface area (Å²) in [6, 6.07) is 4.49. The Morgan fingerprint density at radius 1 is 1.08 bits per heavy atom. The minimum absolute atomic E-state index is 0.0611. The van der Waals surface area contributed by atoms with Crippen molar-refractivity contribution in [3.05, 3.63) is 30.1 Å². The van der Waals surface area contributed by atoms with Gasteiger partial charge >= 0.3 is 0 Å². The van der Waals surface area contributed by atoms with Crippen molar-refractivity contribution in [3.8, 4) is 0 Å². The van der Waals surface area contributed by atoms with Crippen LogP contribution in [0.3, 0.4) is 0 Å². The summed E-state index contributed by atoms with van der Waals surface area (Å²) >= 11 is 0. The molecule has 1 aromatic carbocycles. The largest absolute Gasteiger partial charge is 0.339 e. The topological polar surface area (TPSA) is 78.0 Å². The lowest BCUT2D eigenvalue weighted by Gasteiger charge is -2.35. The number of benzene rings is 1. The molecule has 1 aromatic rings. The molecule has 26 heavy (non-hydrogen) atoms. The second-order valence-corrected chi connectivity index (χ2v) is 8.74. The van der Waals surface area contributed by atoms with Crippen LogP contribution in [0.1, 0.15) is 12.8 Å². The number of hydrogen-bond acceptors (Lipinski definition) is 4. The highest BCUT2D eigenvalue weighted by Crippen LogP contribution is 2.31. The third-order valence-corrected chi connectivity index (χ3v) is 6.57. The van der Waals surface area contributed by atoms with Gasteiger partial charge in [0.15, 0.2) is 0 Å². The molecule has 0 spiro atoms. The van der Waals surface area contributed by atoms with Crippen LogP contribution in [0.5, 0.6) is 0 Å². The van der Waals surface area contributed by atoms with E-state index in [2.05, 4.69) is 0 Å². The normalized spacial score (nSPS) is 18.3. The molecule has 2 fully saturated rings. The maximum atomic E-state index is 13.0. The maximum absolute atomic E-state index is 13.0. The molecule has 1 aliphatic heterocycles. The zero-order chi connectivity index (χ0) is 18.9. The molecule has 0 unspecified atom stereocenters. The van der Waals surface area contributed by atoms with Crippen LogP contribution in [0, 0.1) is 11.7 Å². The van der Waals surface area contributed by atoms with Crippen molar-refractivity contribution in [2.75, 3.05) is 39.8 Å². The number of nitrogens with zero attached hydrogens (tertiary/aromatic N) is 3. The lowest BCUT2D eigenvalue weighted by Crippen LogP contribution is -2.53. The van der Waals surface area contributed by atoms with E-state index in [4.69, 9.17) is 0 Å². The number of sulfonamides is 1. The molecular weight excluding hydrogens is 361 g/mol.